The summed E-state index contributed by atoms with van der Waals surface area (Å²) in [6, 6.07) is 4.39. The third-order valence-electron chi connectivity index (χ3n) is 3.77. The van der Waals surface area contributed by atoms with Crippen molar-refractivity contribution in [2.75, 3.05) is 5.75 Å². The summed E-state index contributed by atoms with van der Waals surface area (Å²) in [4.78, 5) is 0.951. The molecule has 3 heteroatoms. The molecule has 0 radical (unpaired) electrons. The smallest absolute Gasteiger partial charge is 0.0363 e. The Morgan fingerprint density at radius 1 is 1.19 bits per heavy atom. The van der Waals surface area contributed by atoms with Gasteiger partial charge in [0.1, 0.15) is 0 Å². The highest BCUT2D eigenvalue weighted by molar-refractivity contribution is 8.00. The van der Waals surface area contributed by atoms with Gasteiger partial charge in [0.15, 0.2) is 0 Å². The number of rotatable bonds is 6. The van der Waals surface area contributed by atoms with Gasteiger partial charge in [-0.25, -0.2) is 0 Å². The van der Waals surface area contributed by atoms with Crippen LogP contribution in [0.5, 0.6) is 0 Å². The fraction of sp³-hybridized carbons (Fsp3) is 0.611. The summed E-state index contributed by atoms with van der Waals surface area (Å²) >= 11 is 6.69. The Morgan fingerprint density at radius 3 is 2.29 bits per heavy atom. The van der Waals surface area contributed by atoms with Crippen molar-refractivity contribution in [3.63, 3.8) is 0 Å². The molecule has 0 aliphatic carbocycles. The first-order chi connectivity index (χ1) is 9.63. The van der Waals surface area contributed by atoms with Crippen LogP contribution in [0.2, 0.25) is 0 Å². The summed E-state index contributed by atoms with van der Waals surface area (Å²) in [7, 11) is 0. The Balaban J connectivity index is 3.30. The molecular weight excluding hydrogens is 294 g/mol. The minimum Gasteiger partial charge on any atom is -0.308 e. The third-order valence-corrected chi connectivity index (χ3v) is 5.70. The average Bonchev–Trinajstić information content (AvgIpc) is 2.37. The van der Waals surface area contributed by atoms with Gasteiger partial charge in [0, 0.05) is 21.4 Å². The van der Waals surface area contributed by atoms with Gasteiger partial charge in [0.2, 0.25) is 0 Å². The second-order valence-electron chi connectivity index (χ2n) is 7.07. The van der Waals surface area contributed by atoms with Crippen molar-refractivity contribution < 1.29 is 0 Å². The molecule has 1 aromatic rings. The molecule has 0 saturated heterocycles. The van der Waals surface area contributed by atoms with Gasteiger partial charge in [-0.3, -0.25) is 0 Å². The molecule has 1 rings (SSSR count). The maximum Gasteiger partial charge on any atom is 0.0363 e. The Kier molecular flexibility index (Phi) is 6.42. The van der Waals surface area contributed by atoms with Crippen LogP contribution >= 0.6 is 24.4 Å². The molecule has 0 bridgehead atoms. The number of unbranched alkanes of at least 4 members (excludes halogenated alkanes) is 1. The molecule has 1 nitrogen and oxygen atoms in total. The van der Waals surface area contributed by atoms with E-state index in [1.54, 1.807) is 0 Å². The van der Waals surface area contributed by atoms with Crippen molar-refractivity contribution in [1.82, 2.24) is 0 Å². The van der Waals surface area contributed by atoms with E-state index in [0.29, 0.717) is 0 Å². The molecule has 0 spiro atoms. The molecule has 0 aliphatic rings. The van der Waals surface area contributed by atoms with Gasteiger partial charge in [-0.1, -0.05) is 40.2 Å². The van der Waals surface area contributed by atoms with Gasteiger partial charge in [-0.05, 0) is 48.6 Å². The average molecular weight is 324 g/mol. The largest absolute Gasteiger partial charge is 0.308 e. The van der Waals surface area contributed by atoms with Crippen molar-refractivity contribution in [3.8, 4) is 0 Å². The highest BCUT2D eigenvalue weighted by atomic mass is 32.2. The molecule has 0 heterocycles. The summed E-state index contributed by atoms with van der Waals surface area (Å²) in [6.45, 7) is 13.4. The van der Waals surface area contributed by atoms with E-state index in [-0.39, 0.29) is 10.2 Å². The SMILES string of the molecule is CCCCSC(C)(C)c1cc(C(C)(C)C)cc(C=N)c1S. The molecule has 21 heavy (non-hydrogen) atoms. The molecule has 0 saturated carbocycles. The van der Waals surface area contributed by atoms with Crippen LogP contribution in [-0.2, 0) is 10.2 Å². The molecule has 118 valence electrons. The lowest BCUT2D eigenvalue weighted by Crippen LogP contribution is -2.19. The van der Waals surface area contributed by atoms with Crippen molar-refractivity contribution >= 4 is 30.6 Å². The van der Waals surface area contributed by atoms with Gasteiger partial charge in [0.05, 0.1) is 0 Å². The van der Waals surface area contributed by atoms with E-state index in [1.165, 1.54) is 30.2 Å². The number of hydrogen-bond acceptors (Lipinski definition) is 3. The lowest BCUT2D eigenvalue weighted by molar-refractivity contribution is 0.586. The monoisotopic (exact) mass is 323 g/mol. The van der Waals surface area contributed by atoms with Gasteiger partial charge < -0.3 is 5.41 Å². The van der Waals surface area contributed by atoms with E-state index < -0.39 is 0 Å². The Labute approximate surface area is 140 Å². The number of nitrogens with one attached hydrogen (secondary N) is 1. The Morgan fingerprint density at radius 2 is 1.81 bits per heavy atom. The van der Waals surface area contributed by atoms with Gasteiger partial charge in [-0.15, -0.1) is 12.6 Å². The highest BCUT2D eigenvalue weighted by Crippen LogP contribution is 2.42. The maximum absolute atomic E-state index is 7.67. The summed E-state index contributed by atoms with van der Waals surface area (Å²) in [5.74, 6) is 1.16. The van der Waals surface area contributed by atoms with Crippen LogP contribution in [0.3, 0.4) is 0 Å². The Hall–Kier alpha value is -0.410. The predicted octanol–water partition coefficient (Wildman–Crippen LogP) is 6.04. The lowest BCUT2D eigenvalue weighted by Gasteiger charge is -2.30. The molecule has 1 N–H and O–H groups in total. The zero-order chi connectivity index (χ0) is 16.3. The number of benzene rings is 1. The summed E-state index contributed by atoms with van der Waals surface area (Å²) in [6.07, 6.45) is 3.89. The topological polar surface area (TPSA) is 23.9 Å². The summed E-state index contributed by atoms with van der Waals surface area (Å²) in [5.41, 5.74) is 3.53. The third kappa shape index (κ3) is 4.79. The minimum absolute atomic E-state index is 0.0191. The van der Waals surface area contributed by atoms with Crippen molar-refractivity contribution in [2.24, 2.45) is 0 Å². The van der Waals surface area contributed by atoms with E-state index >= 15 is 0 Å². The zero-order valence-electron chi connectivity index (χ0n) is 14.2. The minimum atomic E-state index is 0.0191. The molecule has 1 aromatic carbocycles. The van der Waals surface area contributed by atoms with Crippen molar-refractivity contribution in [2.45, 2.75) is 69.4 Å². The molecule has 0 unspecified atom stereocenters. The predicted molar refractivity (Wildman–Crippen MR) is 101 cm³/mol. The van der Waals surface area contributed by atoms with E-state index in [0.717, 1.165) is 16.2 Å². The maximum atomic E-state index is 7.67. The van der Waals surface area contributed by atoms with Crippen LogP contribution in [0, 0.1) is 5.41 Å². The van der Waals surface area contributed by atoms with Crippen LogP contribution in [0.4, 0.5) is 0 Å². The standard InChI is InChI=1S/C18H29NS2/c1-7-8-9-21-18(5,6)15-11-14(17(2,3)4)10-13(12-19)16(15)20/h10-12,19-20H,7-9H2,1-6H3. The van der Waals surface area contributed by atoms with Crippen LogP contribution in [0.25, 0.3) is 0 Å². The molecule has 0 aliphatic heterocycles. The summed E-state index contributed by atoms with van der Waals surface area (Å²) in [5, 5.41) is 7.67. The first kappa shape index (κ1) is 18.6. The number of thioether (sulfide) groups is 1. The van der Waals surface area contributed by atoms with Gasteiger partial charge >= 0.3 is 0 Å². The molecule has 0 fully saturated rings. The molecule has 0 atom stereocenters. The highest BCUT2D eigenvalue weighted by Gasteiger charge is 2.27. The second-order valence-corrected chi connectivity index (χ2v) is 9.23. The van der Waals surface area contributed by atoms with Gasteiger partial charge in [0.25, 0.3) is 0 Å². The van der Waals surface area contributed by atoms with Crippen LogP contribution < -0.4 is 0 Å². The van der Waals surface area contributed by atoms with E-state index in [9.17, 15) is 0 Å². The fourth-order valence-electron chi connectivity index (χ4n) is 2.21. The number of thiol groups is 1. The lowest BCUT2D eigenvalue weighted by atomic mass is 9.83. The Bertz CT molecular complexity index is 499. The first-order valence-electron chi connectivity index (χ1n) is 7.66. The zero-order valence-corrected chi connectivity index (χ0v) is 15.9. The van der Waals surface area contributed by atoms with Crippen molar-refractivity contribution in [1.29, 1.82) is 5.41 Å². The molecule has 0 amide bonds. The quantitative estimate of drug-likeness (QED) is 0.372. The second kappa shape index (κ2) is 7.23. The number of hydrogen-bond donors (Lipinski definition) is 2. The first-order valence-corrected chi connectivity index (χ1v) is 9.09. The molecular formula is C18H29NS2. The van der Waals surface area contributed by atoms with Crippen LogP contribution in [-0.4, -0.2) is 12.0 Å². The van der Waals surface area contributed by atoms with E-state index in [2.05, 4.69) is 53.7 Å². The van der Waals surface area contributed by atoms with Crippen LogP contribution in [0.15, 0.2) is 17.0 Å². The fourth-order valence-corrected chi connectivity index (χ4v) is 4.02. The normalized spacial score (nSPS) is 12.5. The van der Waals surface area contributed by atoms with E-state index in [1.807, 2.05) is 11.8 Å². The molecule has 0 aromatic heterocycles. The van der Waals surface area contributed by atoms with E-state index in [4.69, 9.17) is 18.0 Å². The van der Waals surface area contributed by atoms with Crippen molar-refractivity contribution in [3.05, 3.63) is 28.8 Å². The van der Waals surface area contributed by atoms with Gasteiger partial charge in [-0.2, -0.15) is 11.8 Å². The summed E-state index contributed by atoms with van der Waals surface area (Å²) < 4.78 is 0.0191. The van der Waals surface area contributed by atoms with Crippen LogP contribution in [0.1, 0.15) is 71.1 Å².